The fourth-order valence-electron chi connectivity index (χ4n) is 0.610. The van der Waals surface area contributed by atoms with Gasteiger partial charge < -0.3 is 0 Å². The lowest BCUT2D eigenvalue weighted by Gasteiger charge is -2.06. The molecule has 0 unspecified atom stereocenters. The van der Waals surface area contributed by atoms with Crippen molar-refractivity contribution in [3.05, 3.63) is 29.1 Å². The van der Waals surface area contributed by atoms with Crippen molar-refractivity contribution in [3.63, 3.8) is 0 Å². The fourth-order valence-corrected chi connectivity index (χ4v) is 1.43. The highest BCUT2D eigenvalue weighted by Gasteiger charge is 2.04. The topological polar surface area (TPSA) is 0 Å². The van der Waals surface area contributed by atoms with Crippen LogP contribution in [-0.4, -0.2) is 4.86 Å². The Bertz CT molecular complexity index is 201. The van der Waals surface area contributed by atoms with Crippen LogP contribution in [0.25, 0.3) is 0 Å². The van der Waals surface area contributed by atoms with E-state index in [2.05, 4.69) is 22.9 Å². The van der Waals surface area contributed by atoms with Crippen LogP contribution >= 0.6 is 28.1 Å². The molecule has 1 aliphatic rings. The second-order valence-corrected chi connectivity index (χ2v) is 3.42. The van der Waals surface area contributed by atoms with Gasteiger partial charge in [0.05, 0.1) is 0 Å². The van der Waals surface area contributed by atoms with E-state index in [0.717, 1.165) is 21.3 Å². The molecule has 2 heteroatoms. The molecule has 0 spiro atoms. The molecule has 1 radical (unpaired) electrons. The summed E-state index contributed by atoms with van der Waals surface area (Å²) in [6.07, 6.45) is 4.75. The van der Waals surface area contributed by atoms with Crippen molar-refractivity contribution in [2.75, 3.05) is 0 Å². The van der Waals surface area contributed by atoms with E-state index < -0.39 is 0 Å². The maximum absolute atomic E-state index is 5.00. The van der Waals surface area contributed by atoms with Gasteiger partial charge >= 0.3 is 0 Å². The van der Waals surface area contributed by atoms with E-state index in [1.54, 1.807) is 0 Å². The molecule has 0 saturated carbocycles. The number of thiocarbonyl (C=S) groups is 1. The molecule has 0 aromatic rings. The van der Waals surface area contributed by atoms with Gasteiger partial charge in [-0.15, -0.1) is 0 Å². The van der Waals surface area contributed by atoms with Gasteiger partial charge in [0, 0.05) is 15.8 Å². The fraction of sp³-hybridized carbons (Fsp3) is 0.143. The second-order valence-electron chi connectivity index (χ2n) is 1.91. The largest absolute Gasteiger partial charge is 0.0842 e. The molecule has 9 heavy (non-hydrogen) atoms. The van der Waals surface area contributed by atoms with E-state index in [0.29, 0.717) is 0 Å². The monoisotopic (exact) mass is 201 g/mol. The molecule has 47 valence electrons. The highest BCUT2D eigenvalue weighted by molar-refractivity contribution is 9.11. The van der Waals surface area contributed by atoms with Gasteiger partial charge in [0.15, 0.2) is 0 Å². The lowest BCUT2D eigenvalue weighted by molar-refractivity contribution is 1.44. The quantitative estimate of drug-likeness (QED) is 0.544. The van der Waals surface area contributed by atoms with Crippen molar-refractivity contribution in [3.8, 4) is 0 Å². The maximum atomic E-state index is 5.00. The van der Waals surface area contributed by atoms with Gasteiger partial charge in [-0.05, 0) is 12.5 Å². The van der Waals surface area contributed by atoms with Crippen LogP contribution in [0, 0.1) is 6.92 Å². The van der Waals surface area contributed by atoms with E-state index >= 15 is 0 Å². The number of halogens is 1. The predicted molar refractivity (Wildman–Crippen MR) is 47.7 cm³/mol. The summed E-state index contributed by atoms with van der Waals surface area (Å²) in [4.78, 5) is 0.935. The summed E-state index contributed by atoms with van der Waals surface area (Å²) in [5, 5.41) is 0. The number of rotatable bonds is 0. The molecular formula is C7H6BrS. The Labute approximate surface area is 68.8 Å². The lowest BCUT2D eigenvalue weighted by Crippen LogP contribution is -1.99. The zero-order chi connectivity index (χ0) is 6.85. The normalized spacial score (nSPS) is 19.1. The van der Waals surface area contributed by atoms with E-state index in [-0.39, 0.29) is 0 Å². The standard InChI is InChI=1S/C7H6BrS/c1-5-2-3-6(8)4-7(5)9/h2-3H,1,4H2. The summed E-state index contributed by atoms with van der Waals surface area (Å²) in [6, 6.07) is 0. The van der Waals surface area contributed by atoms with E-state index in [1.807, 2.05) is 12.2 Å². The smallest absolute Gasteiger partial charge is 0.0233 e. The number of hydrogen-bond donors (Lipinski definition) is 0. The molecule has 1 rings (SSSR count). The molecule has 0 fully saturated rings. The Balaban J connectivity index is 2.86. The summed E-state index contributed by atoms with van der Waals surface area (Å²) < 4.78 is 1.14. The van der Waals surface area contributed by atoms with Gasteiger partial charge in [0.2, 0.25) is 0 Å². The van der Waals surface area contributed by atoms with Crippen LogP contribution in [-0.2, 0) is 0 Å². The molecule has 0 aliphatic heterocycles. The van der Waals surface area contributed by atoms with Crippen molar-refractivity contribution in [1.82, 2.24) is 0 Å². The van der Waals surface area contributed by atoms with Crippen LogP contribution in [0.4, 0.5) is 0 Å². The highest BCUT2D eigenvalue weighted by atomic mass is 79.9. The Hall–Kier alpha value is 0.0500. The molecule has 0 N–H and O–H groups in total. The van der Waals surface area contributed by atoms with Crippen LogP contribution in [0.3, 0.4) is 0 Å². The Morgan fingerprint density at radius 1 is 1.56 bits per heavy atom. The van der Waals surface area contributed by atoms with E-state index in [9.17, 15) is 0 Å². The van der Waals surface area contributed by atoms with Gasteiger partial charge in [-0.2, -0.15) is 0 Å². The molecule has 0 aromatic heterocycles. The Kier molecular flexibility index (Phi) is 2.19. The third-order valence-electron chi connectivity index (χ3n) is 1.15. The Morgan fingerprint density at radius 3 is 2.67 bits per heavy atom. The first-order valence-electron chi connectivity index (χ1n) is 2.61. The Morgan fingerprint density at radius 2 is 2.22 bits per heavy atom. The highest BCUT2D eigenvalue weighted by Crippen LogP contribution is 2.19. The second kappa shape index (κ2) is 2.76. The molecule has 1 aliphatic carbocycles. The van der Waals surface area contributed by atoms with Crippen LogP contribution in [0.2, 0.25) is 0 Å². The molecular weight excluding hydrogens is 196 g/mol. The molecule has 0 atom stereocenters. The van der Waals surface area contributed by atoms with Crippen molar-refractivity contribution < 1.29 is 0 Å². The van der Waals surface area contributed by atoms with Crippen molar-refractivity contribution in [2.24, 2.45) is 0 Å². The van der Waals surface area contributed by atoms with Gasteiger partial charge in [-0.1, -0.05) is 40.3 Å². The van der Waals surface area contributed by atoms with Crippen LogP contribution < -0.4 is 0 Å². The first kappa shape index (κ1) is 7.16. The summed E-state index contributed by atoms with van der Waals surface area (Å²) in [5.41, 5.74) is 0.966. The number of hydrogen-bond acceptors (Lipinski definition) is 1. The van der Waals surface area contributed by atoms with Crippen molar-refractivity contribution in [1.29, 1.82) is 0 Å². The van der Waals surface area contributed by atoms with Crippen molar-refractivity contribution >= 4 is 33.0 Å². The average molecular weight is 202 g/mol. The maximum Gasteiger partial charge on any atom is 0.0233 e. The van der Waals surface area contributed by atoms with Gasteiger partial charge in [-0.3, -0.25) is 0 Å². The summed E-state index contributed by atoms with van der Waals surface area (Å²) in [7, 11) is 0. The van der Waals surface area contributed by atoms with Gasteiger partial charge in [0.1, 0.15) is 0 Å². The summed E-state index contributed by atoms with van der Waals surface area (Å²) in [6.45, 7) is 3.77. The lowest BCUT2D eigenvalue weighted by atomic mass is 10.1. The average Bonchev–Trinajstić information content (AvgIpc) is 1.80. The SMILES string of the molecule is [CH2]C1=CC=C(Br)CC1=S. The predicted octanol–water partition coefficient (Wildman–Crippen LogP) is 2.80. The van der Waals surface area contributed by atoms with Gasteiger partial charge in [-0.25, -0.2) is 0 Å². The molecule has 0 nitrogen and oxygen atoms in total. The molecule has 0 bridgehead atoms. The van der Waals surface area contributed by atoms with Crippen LogP contribution in [0.15, 0.2) is 22.2 Å². The summed E-state index contributed by atoms with van der Waals surface area (Å²) in [5.74, 6) is 0. The third kappa shape index (κ3) is 1.73. The van der Waals surface area contributed by atoms with E-state index in [1.165, 1.54) is 0 Å². The molecule has 0 aromatic carbocycles. The molecule has 0 amide bonds. The minimum atomic E-state index is 0.838. The minimum Gasteiger partial charge on any atom is -0.0842 e. The molecule has 0 heterocycles. The first-order valence-corrected chi connectivity index (χ1v) is 3.82. The number of allylic oxidation sites excluding steroid dienone is 4. The zero-order valence-corrected chi connectivity index (χ0v) is 7.26. The van der Waals surface area contributed by atoms with Crippen molar-refractivity contribution in [2.45, 2.75) is 6.42 Å². The minimum absolute atomic E-state index is 0.838. The summed E-state index contributed by atoms with van der Waals surface area (Å²) >= 11 is 8.36. The molecule has 0 saturated heterocycles. The first-order chi connectivity index (χ1) is 4.20. The van der Waals surface area contributed by atoms with Crippen LogP contribution in [0.1, 0.15) is 6.42 Å². The van der Waals surface area contributed by atoms with E-state index in [4.69, 9.17) is 12.2 Å². The van der Waals surface area contributed by atoms with Gasteiger partial charge in [0.25, 0.3) is 0 Å². The zero-order valence-electron chi connectivity index (χ0n) is 4.86. The third-order valence-corrected chi connectivity index (χ3v) is 2.10. The van der Waals surface area contributed by atoms with Crippen LogP contribution in [0.5, 0.6) is 0 Å².